The number of rotatable bonds is 0. The van der Waals surface area contributed by atoms with Gasteiger partial charge >= 0.3 is 0 Å². The summed E-state index contributed by atoms with van der Waals surface area (Å²) in [5.74, 6) is 0. The van der Waals surface area contributed by atoms with Gasteiger partial charge in [0.2, 0.25) is 0 Å². The molecule has 0 unspecified atom stereocenters. The van der Waals surface area contributed by atoms with Crippen LogP contribution in [0.2, 0.25) is 0 Å². The molecule has 0 saturated carbocycles. The summed E-state index contributed by atoms with van der Waals surface area (Å²) in [4.78, 5) is 0. The fourth-order valence-electron chi connectivity index (χ4n) is 2.05. The van der Waals surface area contributed by atoms with Crippen LogP contribution in [0, 0.1) is 13.8 Å². The molecule has 1 nitrogen and oxygen atoms in total. The Morgan fingerprint density at radius 1 is 0.882 bits per heavy atom. The van der Waals surface area contributed by atoms with Gasteiger partial charge in [-0.3, -0.25) is 0 Å². The molecule has 0 amide bonds. The van der Waals surface area contributed by atoms with Gasteiger partial charge in [0, 0.05) is 10.8 Å². The van der Waals surface area contributed by atoms with Crippen LogP contribution < -0.4 is 0 Å². The summed E-state index contributed by atoms with van der Waals surface area (Å²) in [6.45, 7) is 8.19. The molecule has 0 aliphatic heterocycles. The van der Waals surface area contributed by atoms with Gasteiger partial charge in [0.1, 0.15) is 11.2 Å². The summed E-state index contributed by atoms with van der Waals surface area (Å²) in [5, 5.41) is 2.43. The molecule has 1 heterocycles. The minimum atomic E-state index is 0.977. The average molecular weight is 226 g/mol. The summed E-state index contributed by atoms with van der Waals surface area (Å²) in [5.41, 5.74) is 4.45. The van der Waals surface area contributed by atoms with Crippen LogP contribution in [0.3, 0.4) is 0 Å². The van der Waals surface area contributed by atoms with Crippen molar-refractivity contribution < 1.29 is 4.42 Å². The Kier molecular flexibility index (Phi) is 3.19. The molecule has 0 aliphatic rings. The predicted octanol–water partition coefficient (Wildman–Crippen LogP) is 5.23. The van der Waals surface area contributed by atoms with E-state index in [0.717, 1.165) is 11.2 Å². The quantitative estimate of drug-likeness (QED) is 0.511. The molecule has 3 rings (SSSR count). The van der Waals surface area contributed by atoms with E-state index in [4.69, 9.17) is 4.42 Å². The van der Waals surface area contributed by atoms with Crippen LogP contribution in [-0.4, -0.2) is 0 Å². The summed E-state index contributed by atoms with van der Waals surface area (Å²) < 4.78 is 5.84. The van der Waals surface area contributed by atoms with Gasteiger partial charge in [-0.25, -0.2) is 0 Å². The van der Waals surface area contributed by atoms with Gasteiger partial charge in [-0.2, -0.15) is 0 Å². The predicted molar refractivity (Wildman–Crippen MR) is 74.5 cm³/mol. The number of furan rings is 1. The molecule has 0 radical (unpaired) electrons. The monoisotopic (exact) mass is 226 g/mol. The Morgan fingerprint density at radius 3 is 2.41 bits per heavy atom. The maximum Gasteiger partial charge on any atom is 0.138 e. The number of para-hydroxylation sites is 1. The SMILES string of the molecule is CC.Cc1ccc2oc3c(C)cccc3c2c1. The van der Waals surface area contributed by atoms with Gasteiger partial charge in [0.25, 0.3) is 0 Å². The molecule has 0 aliphatic carbocycles. The van der Waals surface area contributed by atoms with E-state index >= 15 is 0 Å². The molecular formula is C16H18O. The lowest BCUT2D eigenvalue weighted by molar-refractivity contribution is 0.665. The third-order valence-electron chi connectivity index (χ3n) is 2.85. The third kappa shape index (κ3) is 1.93. The van der Waals surface area contributed by atoms with Gasteiger partial charge in [0.05, 0.1) is 0 Å². The first-order valence-corrected chi connectivity index (χ1v) is 6.14. The Bertz CT molecular complexity index is 647. The van der Waals surface area contributed by atoms with Crippen molar-refractivity contribution in [1.82, 2.24) is 0 Å². The molecule has 0 N–H and O–H groups in total. The van der Waals surface area contributed by atoms with E-state index in [0.29, 0.717) is 0 Å². The molecule has 0 fully saturated rings. The fourth-order valence-corrected chi connectivity index (χ4v) is 2.05. The van der Waals surface area contributed by atoms with Crippen LogP contribution in [0.5, 0.6) is 0 Å². The van der Waals surface area contributed by atoms with Crippen molar-refractivity contribution in [3.05, 3.63) is 47.5 Å². The second-order valence-electron chi connectivity index (χ2n) is 4.05. The lowest BCUT2D eigenvalue weighted by Gasteiger charge is -1.92. The van der Waals surface area contributed by atoms with Crippen molar-refractivity contribution >= 4 is 21.9 Å². The lowest BCUT2D eigenvalue weighted by Crippen LogP contribution is -1.72. The number of hydrogen-bond acceptors (Lipinski definition) is 1. The minimum Gasteiger partial charge on any atom is -0.456 e. The van der Waals surface area contributed by atoms with Crippen LogP contribution in [0.1, 0.15) is 25.0 Å². The Morgan fingerprint density at radius 2 is 1.65 bits per heavy atom. The minimum absolute atomic E-state index is 0.977. The van der Waals surface area contributed by atoms with E-state index in [9.17, 15) is 0 Å². The molecule has 0 spiro atoms. The molecule has 1 heteroatoms. The third-order valence-corrected chi connectivity index (χ3v) is 2.85. The number of hydrogen-bond donors (Lipinski definition) is 0. The zero-order chi connectivity index (χ0) is 12.4. The van der Waals surface area contributed by atoms with Gasteiger partial charge in [-0.15, -0.1) is 0 Å². The molecule has 88 valence electrons. The van der Waals surface area contributed by atoms with E-state index in [1.54, 1.807) is 0 Å². The van der Waals surface area contributed by atoms with Crippen molar-refractivity contribution in [2.24, 2.45) is 0 Å². The molecule has 3 aromatic rings. The first-order chi connectivity index (χ1) is 8.25. The van der Waals surface area contributed by atoms with E-state index in [1.807, 2.05) is 19.9 Å². The second-order valence-corrected chi connectivity index (χ2v) is 4.05. The van der Waals surface area contributed by atoms with Gasteiger partial charge in [-0.1, -0.05) is 43.7 Å². The highest BCUT2D eigenvalue weighted by Crippen LogP contribution is 2.30. The second kappa shape index (κ2) is 4.62. The van der Waals surface area contributed by atoms with Gasteiger partial charge in [0.15, 0.2) is 0 Å². The number of aryl methyl sites for hydroxylation is 2. The van der Waals surface area contributed by atoms with Crippen LogP contribution in [0.4, 0.5) is 0 Å². The summed E-state index contributed by atoms with van der Waals surface area (Å²) in [6, 6.07) is 12.6. The molecular weight excluding hydrogens is 208 g/mol. The largest absolute Gasteiger partial charge is 0.456 e. The Balaban J connectivity index is 0.000000514. The van der Waals surface area contributed by atoms with E-state index in [-0.39, 0.29) is 0 Å². The Hall–Kier alpha value is -1.76. The molecule has 1 aromatic heterocycles. The first-order valence-electron chi connectivity index (χ1n) is 6.14. The van der Waals surface area contributed by atoms with Crippen molar-refractivity contribution in [2.45, 2.75) is 27.7 Å². The number of fused-ring (bicyclic) bond motifs is 3. The standard InChI is InChI=1S/C14H12O.C2H6/c1-9-6-7-13-12(8-9)11-5-3-4-10(2)14(11)15-13;1-2/h3-8H,1-2H3;1-2H3. The van der Waals surface area contributed by atoms with Crippen molar-refractivity contribution in [1.29, 1.82) is 0 Å². The van der Waals surface area contributed by atoms with Crippen molar-refractivity contribution in [3.8, 4) is 0 Å². The van der Waals surface area contributed by atoms with Gasteiger partial charge < -0.3 is 4.42 Å². The maximum atomic E-state index is 5.84. The zero-order valence-corrected chi connectivity index (χ0v) is 10.9. The zero-order valence-electron chi connectivity index (χ0n) is 10.9. The van der Waals surface area contributed by atoms with Crippen LogP contribution in [-0.2, 0) is 0 Å². The summed E-state index contributed by atoms with van der Waals surface area (Å²) in [7, 11) is 0. The molecule has 0 saturated heterocycles. The highest BCUT2D eigenvalue weighted by Gasteiger charge is 2.07. The number of benzene rings is 2. The smallest absolute Gasteiger partial charge is 0.138 e. The lowest BCUT2D eigenvalue weighted by atomic mass is 10.1. The van der Waals surface area contributed by atoms with Crippen LogP contribution in [0.25, 0.3) is 21.9 Å². The Labute approximate surface area is 102 Å². The maximum absolute atomic E-state index is 5.84. The van der Waals surface area contributed by atoms with Crippen molar-refractivity contribution in [2.75, 3.05) is 0 Å². The van der Waals surface area contributed by atoms with Crippen LogP contribution in [0.15, 0.2) is 40.8 Å². The highest BCUT2D eigenvalue weighted by atomic mass is 16.3. The van der Waals surface area contributed by atoms with E-state index in [1.165, 1.54) is 21.9 Å². The topological polar surface area (TPSA) is 13.1 Å². The molecule has 2 aromatic carbocycles. The highest BCUT2D eigenvalue weighted by molar-refractivity contribution is 6.05. The van der Waals surface area contributed by atoms with Crippen molar-refractivity contribution in [3.63, 3.8) is 0 Å². The van der Waals surface area contributed by atoms with Gasteiger partial charge in [-0.05, 0) is 31.5 Å². The molecule has 17 heavy (non-hydrogen) atoms. The first kappa shape index (κ1) is 11.7. The normalized spacial score (nSPS) is 10.4. The molecule has 0 atom stereocenters. The van der Waals surface area contributed by atoms with E-state index < -0.39 is 0 Å². The average Bonchev–Trinajstić information content (AvgIpc) is 2.72. The van der Waals surface area contributed by atoms with E-state index in [2.05, 4.69) is 44.2 Å². The summed E-state index contributed by atoms with van der Waals surface area (Å²) in [6.07, 6.45) is 0. The fraction of sp³-hybridized carbons (Fsp3) is 0.250. The van der Waals surface area contributed by atoms with Crippen LogP contribution >= 0.6 is 0 Å². The summed E-state index contributed by atoms with van der Waals surface area (Å²) >= 11 is 0. The molecule has 0 bridgehead atoms.